The third-order valence-corrected chi connectivity index (χ3v) is 3.32. The van der Waals surface area contributed by atoms with Crippen molar-refractivity contribution in [2.24, 2.45) is 0 Å². The van der Waals surface area contributed by atoms with Gasteiger partial charge >= 0.3 is 6.09 Å². The smallest absolute Gasteiger partial charge is 0.419 e. The zero-order valence-electron chi connectivity index (χ0n) is 6.58. The molecule has 1 aromatic heterocycles. The minimum atomic E-state index is -0.611. The van der Waals surface area contributed by atoms with Crippen molar-refractivity contribution in [3.05, 3.63) is 20.8 Å². The quantitative estimate of drug-likeness (QED) is 0.749. The largest absolute Gasteiger partial charge is 0.452 e. The molecule has 0 aliphatic heterocycles. The van der Waals surface area contributed by atoms with Gasteiger partial charge in [0.05, 0.1) is 17.3 Å². The van der Waals surface area contributed by atoms with Crippen LogP contribution >= 0.6 is 31.9 Å². The van der Waals surface area contributed by atoms with Crippen LogP contribution in [0.15, 0.2) is 15.1 Å². The molecule has 1 rings (SSSR count). The highest BCUT2D eigenvalue weighted by Crippen LogP contribution is 2.26. The summed E-state index contributed by atoms with van der Waals surface area (Å²) in [6, 6.07) is 1.52. The Morgan fingerprint density at radius 2 is 2.23 bits per heavy atom. The standard InChI is InChI=1S/C7H5Br2NO3/c1-13-7(12)10-4(3-11)2-5(8)6(10)9/h2-3H,1H3. The SMILES string of the molecule is COC(=O)n1c(C=O)cc(Br)c1Br. The Hall–Kier alpha value is -0.620. The van der Waals surface area contributed by atoms with E-state index in [0.29, 0.717) is 15.4 Å². The van der Waals surface area contributed by atoms with Crippen molar-refractivity contribution in [2.75, 3.05) is 7.11 Å². The van der Waals surface area contributed by atoms with Crippen LogP contribution in [0.5, 0.6) is 0 Å². The maximum absolute atomic E-state index is 11.2. The van der Waals surface area contributed by atoms with Gasteiger partial charge in [-0.05, 0) is 37.9 Å². The Balaban J connectivity index is 3.31. The van der Waals surface area contributed by atoms with Crippen LogP contribution in [0.1, 0.15) is 10.5 Å². The highest BCUT2D eigenvalue weighted by Gasteiger charge is 2.16. The van der Waals surface area contributed by atoms with Crippen molar-refractivity contribution in [3.8, 4) is 0 Å². The number of halogens is 2. The Morgan fingerprint density at radius 1 is 1.62 bits per heavy atom. The molecule has 4 nitrogen and oxygen atoms in total. The maximum atomic E-state index is 11.2. The van der Waals surface area contributed by atoms with Gasteiger partial charge in [-0.1, -0.05) is 0 Å². The van der Waals surface area contributed by atoms with Crippen LogP contribution in [0.3, 0.4) is 0 Å². The average Bonchev–Trinajstić information content (AvgIpc) is 2.42. The van der Waals surface area contributed by atoms with Crippen LogP contribution in [-0.2, 0) is 4.74 Å². The van der Waals surface area contributed by atoms with Gasteiger partial charge in [0.1, 0.15) is 4.60 Å². The minimum absolute atomic E-state index is 0.227. The summed E-state index contributed by atoms with van der Waals surface area (Å²) in [7, 11) is 1.25. The summed E-state index contributed by atoms with van der Waals surface area (Å²) in [6.07, 6.45) is -0.0356. The maximum Gasteiger partial charge on any atom is 0.419 e. The number of carbonyl (C=O) groups is 2. The first-order chi connectivity index (χ1) is 6.11. The van der Waals surface area contributed by atoms with Crippen LogP contribution in [0.25, 0.3) is 0 Å². The molecule has 0 unspecified atom stereocenters. The molecule has 0 aliphatic rings. The van der Waals surface area contributed by atoms with E-state index in [2.05, 4.69) is 36.6 Å². The van der Waals surface area contributed by atoms with E-state index in [1.165, 1.54) is 13.2 Å². The molecule has 70 valence electrons. The van der Waals surface area contributed by atoms with E-state index in [9.17, 15) is 9.59 Å². The van der Waals surface area contributed by atoms with Crippen LogP contribution in [-0.4, -0.2) is 24.1 Å². The number of aromatic nitrogens is 1. The molecule has 0 radical (unpaired) electrons. The van der Waals surface area contributed by atoms with E-state index >= 15 is 0 Å². The molecule has 0 amide bonds. The van der Waals surface area contributed by atoms with Crippen molar-refractivity contribution in [2.45, 2.75) is 0 Å². The highest BCUT2D eigenvalue weighted by molar-refractivity contribution is 9.13. The summed E-state index contributed by atoms with van der Waals surface area (Å²) < 4.78 is 6.69. The topological polar surface area (TPSA) is 48.3 Å². The van der Waals surface area contributed by atoms with Crippen LogP contribution in [0.4, 0.5) is 4.79 Å². The predicted octanol–water partition coefficient (Wildman–Crippen LogP) is 2.44. The van der Waals surface area contributed by atoms with Gasteiger partial charge < -0.3 is 4.74 Å². The van der Waals surface area contributed by atoms with Crippen LogP contribution in [0.2, 0.25) is 0 Å². The van der Waals surface area contributed by atoms with Crippen molar-refractivity contribution in [1.82, 2.24) is 4.57 Å². The Labute approximate surface area is 91.1 Å². The lowest BCUT2D eigenvalue weighted by atomic mass is 10.5. The first-order valence-corrected chi connectivity index (χ1v) is 4.80. The summed E-state index contributed by atoms with van der Waals surface area (Å²) in [6.45, 7) is 0. The van der Waals surface area contributed by atoms with Gasteiger partial charge in [-0.15, -0.1) is 0 Å². The molecule has 0 aromatic carbocycles. The molecule has 0 saturated carbocycles. The van der Waals surface area contributed by atoms with Gasteiger partial charge in [-0.25, -0.2) is 9.36 Å². The second-order valence-electron chi connectivity index (χ2n) is 2.13. The summed E-state index contributed by atoms with van der Waals surface area (Å²) in [5.74, 6) is 0. The molecule has 13 heavy (non-hydrogen) atoms. The third kappa shape index (κ3) is 1.83. The molecule has 0 saturated heterocycles. The zero-order valence-corrected chi connectivity index (χ0v) is 9.75. The van der Waals surface area contributed by atoms with E-state index in [0.717, 1.165) is 4.57 Å². The predicted molar refractivity (Wildman–Crippen MR) is 53.0 cm³/mol. The number of methoxy groups -OCH3 is 1. The highest BCUT2D eigenvalue weighted by atomic mass is 79.9. The summed E-state index contributed by atoms with van der Waals surface area (Å²) >= 11 is 6.31. The van der Waals surface area contributed by atoms with E-state index in [1.54, 1.807) is 0 Å². The monoisotopic (exact) mass is 309 g/mol. The van der Waals surface area contributed by atoms with Crippen LogP contribution in [0, 0.1) is 0 Å². The number of hydrogen-bond acceptors (Lipinski definition) is 3. The van der Waals surface area contributed by atoms with Gasteiger partial charge in [0, 0.05) is 0 Å². The van der Waals surface area contributed by atoms with Crippen molar-refractivity contribution >= 4 is 44.2 Å². The molecule has 0 aliphatic carbocycles. The molecule has 0 bridgehead atoms. The fourth-order valence-electron chi connectivity index (χ4n) is 0.838. The average molecular weight is 311 g/mol. The van der Waals surface area contributed by atoms with Gasteiger partial charge in [0.25, 0.3) is 0 Å². The van der Waals surface area contributed by atoms with Gasteiger partial charge in [0.15, 0.2) is 6.29 Å². The normalized spacial score (nSPS) is 9.77. The number of hydrogen-bond donors (Lipinski definition) is 0. The second kappa shape index (κ2) is 4.06. The van der Waals surface area contributed by atoms with E-state index < -0.39 is 6.09 Å². The zero-order chi connectivity index (χ0) is 10.0. The molecular formula is C7H5Br2NO3. The van der Waals surface area contributed by atoms with Gasteiger partial charge in [-0.3, -0.25) is 4.79 Å². The number of rotatable bonds is 1. The summed E-state index contributed by atoms with van der Waals surface area (Å²) in [5, 5.41) is 0. The lowest BCUT2D eigenvalue weighted by Crippen LogP contribution is -2.14. The third-order valence-electron chi connectivity index (χ3n) is 1.40. The van der Waals surface area contributed by atoms with Crippen molar-refractivity contribution in [1.29, 1.82) is 0 Å². The van der Waals surface area contributed by atoms with Gasteiger partial charge in [-0.2, -0.15) is 0 Å². The lowest BCUT2D eigenvalue weighted by Gasteiger charge is -2.02. The number of nitrogens with zero attached hydrogens (tertiary/aromatic N) is 1. The summed E-state index contributed by atoms with van der Waals surface area (Å²) in [4.78, 5) is 21.7. The lowest BCUT2D eigenvalue weighted by molar-refractivity contribution is 0.111. The van der Waals surface area contributed by atoms with Gasteiger partial charge in [0.2, 0.25) is 0 Å². The first kappa shape index (κ1) is 10.5. The van der Waals surface area contributed by atoms with Crippen molar-refractivity contribution in [3.63, 3.8) is 0 Å². The fraction of sp³-hybridized carbons (Fsp3) is 0.143. The van der Waals surface area contributed by atoms with E-state index in [4.69, 9.17) is 0 Å². The van der Waals surface area contributed by atoms with E-state index in [-0.39, 0.29) is 5.69 Å². The number of carbonyl (C=O) groups excluding carboxylic acids is 2. The Kier molecular flexibility index (Phi) is 3.27. The number of aldehydes is 1. The molecule has 0 atom stereocenters. The molecule has 0 N–H and O–H groups in total. The molecule has 6 heteroatoms. The van der Waals surface area contributed by atoms with Crippen molar-refractivity contribution < 1.29 is 14.3 Å². The molecule has 1 aromatic rings. The Morgan fingerprint density at radius 3 is 2.69 bits per heavy atom. The minimum Gasteiger partial charge on any atom is -0.452 e. The van der Waals surface area contributed by atoms with Crippen LogP contribution < -0.4 is 0 Å². The first-order valence-electron chi connectivity index (χ1n) is 3.22. The molecule has 0 spiro atoms. The fourth-order valence-corrected chi connectivity index (χ4v) is 1.71. The molecule has 0 fully saturated rings. The summed E-state index contributed by atoms with van der Waals surface area (Å²) in [5.41, 5.74) is 0.227. The molecule has 1 heterocycles. The second-order valence-corrected chi connectivity index (χ2v) is 3.74. The number of ether oxygens (including phenoxy) is 1. The Bertz CT molecular complexity index is 359. The van der Waals surface area contributed by atoms with E-state index in [1.807, 2.05) is 0 Å². The molecular weight excluding hydrogens is 306 g/mol.